The third-order valence-electron chi connectivity index (χ3n) is 3.02. The average Bonchev–Trinajstić information content (AvgIpc) is 3.22. The standard InChI is InChI=1S/C14H18BrNO3/c1-9(14(17)18-2)19-12-5-6-13(15)10(7-12)8-16-11-3-4-11/h5-7,9,11,16H,3-4,8H2,1-2H3. The summed E-state index contributed by atoms with van der Waals surface area (Å²) < 4.78 is 11.2. The van der Waals surface area contributed by atoms with Gasteiger partial charge < -0.3 is 14.8 Å². The van der Waals surface area contributed by atoms with Gasteiger partial charge in [0.1, 0.15) is 5.75 Å². The number of rotatable bonds is 6. The molecule has 1 aliphatic carbocycles. The maximum Gasteiger partial charge on any atom is 0.346 e. The highest BCUT2D eigenvalue weighted by atomic mass is 79.9. The zero-order chi connectivity index (χ0) is 13.8. The lowest BCUT2D eigenvalue weighted by Crippen LogP contribution is -2.25. The van der Waals surface area contributed by atoms with E-state index in [0.717, 1.165) is 16.6 Å². The van der Waals surface area contributed by atoms with Gasteiger partial charge >= 0.3 is 5.97 Å². The van der Waals surface area contributed by atoms with Crippen molar-refractivity contribution in [1.29, 1.82) is 0 Å². The minimum Gasteiger partial charge on any atom is -0.479 e. The van der Waals surface area contributed by atoms with Crippen LogP contribution < -0.4 is 10.1 Å². The fourth-order valence-electron chi connectivity index (χ4n) is 1.72. The summed E-state index contributed by atoms with van der Waals surface area (Å²) in [6.45, 7) is 2.48. The minimum absolute atomic E-state index is 0.374. The first-order valence-electron chi connectivity index (χ1n) is 6.36. The van der Waals surface area contributed by atoms with E-state index in [1.54, 1.807) is 6.92 Å². The highest BCUT2D eigenvalue weighted by Gasteiger charge is 2.20. The molecule has 1 fully saturated rings. The van der Waals surface area contributed by atoms with Crippen molar-refractivity contribution in [2.45, 2.75) is 38.5 Å². The predicted octanol–water partition coefficient (Wildman–Crippen LogP) is 2.64. The topological polar surface area (TPSA) is 47.6 Å². The zero-order valence-corrected chi connectivity index (χ0v) is 12.7. The van der Waals surface area contributed by atoms with Crippen LogP contribution in [0, 0.1) is 0 Å². The van der Waals surface area contributed by atoms with Crippen LogP contribution >= 0.6 is 15.9 Å². The Balaban J connectivity index is 2.00. The molecular weight excluding hydrogens is 310 g/mol. The number of hydrogen-bond donors (Lipinski definition) is 1. The predicted molar refractivity (Wildman–Crippen MR) is 76.1 cm³/mol. The first-order valence-corrected chi connectivity index (χ1v) is 7.15. The van der Waals surface area contributed by atoms with Crippen molar-refractivity contribution in [2.75, 3.05) is 7.11 Å². The Labute approximate surface area is 121 Å². The normalized spacial score (nSPS) is 15.9. The van der Waals surface area contributed by atoms with Crippen molar-refractivity contribution in [3.63, 3.8) is 0 Å². The number of ether oxygens (including phenoxy) is 2. The van der Waals surface area contributed by atoms with E-state index in [-0.39, 0.29) is 5.97 Å². The van der Waals surface area contributed by atoms with E-state index >= 15 is 0 Å². The van der Waals surface area contributed by atoms with E-state index in [9.17, 15) is 4.79 Å². The summed E-state index contributed by atoms with van der Waals surface area (Å²) in [6, 6.07) is 6.37. The summed E-state index contributed by atoms with van der Waals surface area (Å²) in [7, 11) is 1.36. The summed E-state index contributed by atoms with van der Waals surface area (Å²) in [5.41, 5.74) is 1.13. The highest BCUT2D eigenvalue weighted by Crippen LogP contribution is 2.25. The molecule has 0 bridgehead atoms. The second-order valence-corrected chi connectivity index (χ2v) is 5.55. The van der Waals surface area contributed by atoms with Gasteiger partial charge in [0.25, 0.3) is 0 Å². The number of carbonyl (C=O) groups is 1. The number of carbonyl (C=O) groups excluding carboxylic acids is 1. The first-order chi connectivity index (χ1) is 9.10. The molecule has 1 aromatic carbocycles. The lowest BCUT2D eigenvalue weighted by molar-refractivity contribution is -0.147. The highest BCUT2D eigenvalue weighted by molar-refractivity contribution is 9.10. The molecule has 2 rings (SSSR count). The molecular formula is C14H18BrNO3. The molecule has 4 nitrogen and oxygen atoms in total. The van der Waals surface area contributed by atoms with Crippen molar-refractivity contribution >= 4 is 21.9 Å². The van der Waals surface area contributed by atoms with Crippen LogP contribution in [0.5, 0.6) is 5.75 Å². The molecule has 0 aliphatic heterocycles. The van der Waals surface area contributed by atoms with Gasteiger partial charge in [-0.2, -0.15) is 0 Å². The van der Waals surface area contributed by atoms with Gasteiger partial charge in [-0.05, 0) is 43.5 Å². The molecule has 1 unspecified atom stereocenters. The molecule has 1 atom stereocenters. The number of halogens is 1. The van der Waals surface area contributed by atoms with E-state index in [2.05, 4.69) is 26.0 Å². The Morgan fingerprint density at radius 2 is 2.26 bits per heavy atom. The van der Waals surface area contributed by atoms with Gasteiger partial charge in [-0.3, -0.25) is 0 Å². The summed E-state index contributed by atoms with van der Waals surface area (Å²) in [5.74, 6) is 0.300. The Kier molecular flexibility index (Phi) is 4.82. The van der Waals surface area contributed by atoms with Crippen molar-refractivity contribution < 1.29 is 14.3 Å². The molecule has 0 saturated heterocycles. The largest absolute Gasteiger partial charge is 0.479 e. The van der Waals surface area contributed by atoms with Crippen LogP contribution in [0.2, 0.25) is 0 Å². The van der Waals surface area contributed by atoms with Gasteiger partial charge in [0.05, 0.1) is 7.11 Å². The number of esters is 1. The summed E-state index contributed by atoms with van der Waals surface area (Å²) in [6.07, 6.45) is 1.91. The Morgan fingerprint density at radius 3 is 2.89 bits per heavy atom. The van der Waals surface area contributed by atoms with Gasteiger partial charge in [0.2, 0.25) is 0 Å². The van der Waals surface area contributed by atoms with Gasteiger partial charge in [-0.15, -0.1) is 0 Å². The van der Waals surface area contributed by atoms with Crippen LogP contribution in [-0.4, -0.2) is 25.2 Å². The van der Waals surface area contributed by atoms with E-state index in [1.807, 2.05) is 18.2 Å². The average molecular weight is 328 g/mol. The second kappa shape index (κ2) is 6.39. The Hall–Kier alpha value is -1.07. The number of hydrogen-bond acceptors (Lipinski definition) is 4. The Morgan fingerprint density at radius 1 is 1.53 bits per heavy atom. The van der Waals surface area contributed by atoms with Crippen LogP contribution in [-0.2, 0) is 16.1 Å². The number of nitrogens with one attached hydrogen (secondary N) is 1. The minimum atomic E-state index is -0.601. The monoisotopic (exact) mass is 327 g/mol. The van der Waals surface area contributed by atoms with Crippen LogP contribution in [0.25, 0.3) is 0 Å². The fraction of sp³-hybridized carbons (Fsp3) is 0.500. The van der Waals surface area contributed by atoms with Crippen LogP contribution in [0.1, 0.15) is 25.3 Å². The number of methoxy groups -OCH3 is 1. The first kappa shape index (κ1) is 14.3. The molecule has 0 amide bonds. The quantitative estimate of drug-likeness (QED) is 0.816. The van der Waals surface area contributed by atoms with Gasteiger partial charge in [0, 0.05) is 17.1 Å². The van der Waals surface area contributed by atoms with Gasteiger partial charge in [0.15, 0.2) is 6.10 Å². The third kappa shape index (κ3) is 4.21. The third-order valence-corrected chi connectivity index (χ3v) is 3.80. The van der Waals surface area contributed by atoms with Crippen LogP contribution in [0.3, 0.4) is 0 Å². The SMILES string of the molecule is COC(=O)C(C)Oc1ccc(Br)c(CNC2CC2)c1. The van der Waals surface area contributed by atoms with Crippen molar-refractivity contribution in [2.24, 2.45) is 0 Å². The summed E-state index contributed by atoms with van der Waals surface area (Å²) >= 11 is 3.52. The molecule has 5 heteroatoms. The second-order valence-electron chi connectivity index (χ2n) is 4.69. The smallest absolute Gasteiger partial charge is 0.346 e. The molecule has 0 aromatic heterocycles. The number of benzene rings is 1. The van der Waals surface area contributed by atoms with Crippen molar-refractivity contribution in [3.8, 4) is 5.75 Å². The molecule has 1 aromatic rings. The fourth-order valence-corrected chi connectivity index (χ4v) is 2.11. The van der Waals surface area contributed by atoms with Crippen LogP contribution in [0.4, 0.5) is 0 Å². The molecule has 19 heavy (non-hydrogen) atoms. The van der Waals surface area contributed by atoms with E-state index < -0.39 is 6.10 Å². The molecule has 1 N–H and O–H groups in total. The van der Waals surface area contributed by atoms with E-state index in [4.69, 9.17) is 4.74 Å². The van der Waals surface area contributed by atoms with E-state index in [1.165, 1.54) is 20.0 Å². The van der Waals surface area contributed by atoms with Gasteiger partial charge in [-0.25, -0.2) is 4.79 Å². The molecule has 0 radical (unpaired) electrons. The molecule has 0 spiro atoms. The van der Waals surface area contributed by atoms with Gasteiger partial charge in [-0.1, -0.05) is 15.9 Å². The maximum atomic E-state index is 11.3. The summed E-state index contributed by atoms with van der Waals surface area (Å²) in [4.78, 5) is 11.3. The zero-order valence-electron chi connectivity index (χ0n) is 11.1. The van der Waals surface area contributed by atoms with Crippen molar-refractivity contribution in [3.05, 3.63) is 28.2 Å². The molecule has 0 heterocycles. The Bertz CT molecular complexity index is 460. The van der Waals surface area contributed by atoms with Crippen LogP contribution in [0.15, 0.2) is 22.7 Å². The van der Waals surface area contributed by atoms with E-state index in [0.29, 0.717) is 11.8 Å². The lowest BCUT2D eigenvalue weighted by atomic mass is 10.2. The maximum absolute atomic E-state index is 11.3. The molecule has 1 aliphatic rings. The lowest BCUT2D eigenvalue weighted by Gasteiger charge is -2.14. The molecule has 1 saturated carbocycles. The molecule has 104 valence electrons. The van der Waals surface area contributed by atoms with Crippen molar-refractivity contribution in [1.82, 2.24) is 5.32 Å². The summed E-state index contributed by atoms with van der Waals surface area (Å²) in [5, 5.41) is 3.45.